The summed E-state index contributed by atoms with van der Waals surface area (Å²) in [4.78, 5) is 9.14. The van der Waals surface area contributed by atoms with Crippen LogP contribution in [0.4, 0.5) is 0 Å². The Bertz CT molecular complexity index is 978. The number of hydrogen-bond donors (Lipinski definition) is 2. The summed E-state index contributed by atoms with van der Waals surface area (Å²) in [5.41, 5.74) is 7.34. The Labute approximate surface area is 136 Å². The third-order valence-electron chi connectivity index (χ3n) is 3.27. The largest absolute Gasteiger partial charge is 0.467 e. The van der Waals surface area contributed by atoms with Gasteiger partial charge in [0, 0.05) is 11.9 Å². The van der Waals surface area contributed by atoms with E-state index in [1.165, 1.54) is 13.2 Å². The van der Waals surface area contributed by atoms with Crippen molar-refractivity contribution in [2.75, 3.05) is 7.11 Å². The van der Waals surface area contributed by atoms with Gasteiger partial charge in [0.1, 0.15) is 4.21 Å². The van der Waals surface area contributed by atoms with E-state index in [0.29, 0.717) is 21.6 Å². The van der Waals surface area contributed by atoms with Gasteiger partial charge < -0.3 is 10.5 Å². The van der Waals surface area contributed by atoms with Crippen LogP contribution in [0.3, 0.4) is 0 Å². The first-order chi connectivity index (χ1) is 10.8. The monoisotopic (exact) mass is 354 g/mol. The first-order valence-electron chi connectivity index (χ1n) is 6.43. The zero-order valence-corrected chi connectivity index (χ0v) is 13.9. The molecule has 1 atom stereocenters. The second-order valence-corrected chi connectivity index (χ2v) is 7.68. The number of hydrogen-bond acceptors (Lipinski definition) is 8. The maximum atomic E-state index is 11.4. The van der Waals surface area contributed by atoms with Gasteiger partial charge in [0.05, 0.1) is 30.4 Å². The number of rotatable bonds is 4. The van der Waals surface area contributed by atoms with Crippen molar-refractivity contribution in [2.24, 2.45) is 17.9 Å². The number of thiophene rings is 1. The fourth-order valence-corrected chi connectivity index (χ4v) is 3.89. The lowest BCUT2D eigenvalue weighted by atomic mass is 10.1. The number of fused-ring (bicyclic) bond motifs is 1. The Balaban J connectivity index is 2.13. The predicted octanol–water partition coefficient (Wildman–Crippen LogP) is 0.129. The van der Waals surface area contributed by atoms with Crippen molar-refractivity contribution in [3.05, 3.63) is 28.9 Å². The quantitative estimate of drug-likeness (QED) is 0.678. The van der Waals surface area contributed by atoms with Crippen molar-refractivity contribution in [3.63, 3.8) is 0 Å². The minimum atomic E-state index is -3.76. The number of sulfonamides is 1. The van der Waals surface area contributed by atoms with Gasteiger partial charge >= 0.3 is 6.01 Å². The third-order valence-corrected chi connectivity index (χ3v) is 5.87. The fraction of sp³-hybridized carbons (Fsp3) is 0.250. The highest BCUT2D eigenvalue weighted by molar-refractivity contribution is 7.91. The second kappa shape index (κ2) is 5.53. The van der Waals surface area contributed by atoms with Crippen molar-refractivity contribution in [3.8, 4) is 6.01 Å². The number of ether oxygens (including phenoxy) is 1. The molecule has 3 aromatic heterocycles. The van der Waals surface area contributed by atoms with E-state index in [4.69, 9.17) is 15.6 Å². The summed E-state index contributed by atoms with van der Waals surface area (Å²) in [7, 11) is -0.560. The van der Waals surface area contributed by atoms with E-state index >= 15 is 0 Å². The highest BCUT2D eigenvalue weighted by Crippen LogP contribution is 2.31. The molecule has 4 N–H and O–H groups in total. The molecule has 0 spiro atoms. The Kier molecular flexibility index (Phi) is 3.80. The van der Waals surface area contributed by atoms with Gasteiger partial charge in [-0.05, 0) is 12.1 Å². The van der Waals surface area contributed by atoms with Crippen molar-refractivity contribution in [2.45, 2.75) is 10.3 Å². The Morgan fingerprint density at radius 1 is 1.35 bits per heavy atom. The number of aromatic nitrogens is 4. The molecule has 0 saturated heterocycles. The molecule has 23 heavy (non-hydrogen) atoms. The predicted molar refractivity (Wildman–Crippen MR) is 84.6 cm³/mol. The normalized spacial score (nSPS) is 13.4. The van der Waals surface area contributed by atoms with Crippen LogP contribution in [-0.4, -0.2) is 35.3 Å². The molecule has 0 aromatic carbocycles. The first-order valence-corrected chi connectivity index (χ1v) is 8.79. The maximum Gasteiger partial charge on any atom is 0.318 e. The summed E-state index contributed by atoms with van der Waals surface area (Å²) in [6.45, 7) is 0. The molecular weight excluding hydrogens is 340 g/mol. The van der Waals surface area contributed by atoms with Gasteiger partial charge in [0.25, 0.3) is 0 Å². The summed E-state index contributed by atoms with van der Waals surface area (Å²) in [5.74, 6) is 0. The van der Waals surface area contributed by atoms with Crippen LogP contribution in [0.25, 0.3) is 11.0 Å². The molecule has 0 aliphatic carbocycles. The average Bonchev–Trinajstić information content (AvgIpc) is 3.13. The molecule has 0 fully saturated rings. The van der Waals surface area contributed by atoms with Gasteiger partial charge in [0.15, 0.2) is 5.65 Å². The molecule has 0 aliphatic heterocycles. The highest BCUT2D eigenvalue weighted by atomic mass is 32.2. The molecular formula is C12H14N6O3S2. The van der Waals surface area contributed by atoms with Crippen molar-refractivity contribution in [1.29, 1.82) is 0 Å². The van der Waals surface area contributed by atoms with E-state index in [1.807, 2.05) is 0 Å². The molecule has 3 rings (SSSR count). The molecule has 0 aliphatic rings. The number of primary sulfonamides is 1. The van der Waals surface area contributed by atoms with Crippen molar-refractivity contribution in [1.82, 2.24) is 19.7 Å². The van der Waals surface area contributed by atoms with Crippen LogP contribution in [-0.2, 0) is 17.1 Å². The number of aryl methyl sites for hydroxylation is 1. The van der Waals surface area contributed by atoms with Gasteiger partial charge in [-0.3, -0.25) is 4.68 Å². The standard InChI is InChI=1S/C12H14N6O3S2/c1-18-11-6(5-15-18)10(16-12(17-11)21-2)9(13)7-3-4-8(22-7)23(14,19)20/h3-5,9H,13H2,1-2H3,(H2,14,19,20). The molecule has 1 unspecified atom stereocenters. The zero-order chi connectivity index (χ0) is 16.8. The molecule has 122 valence electrons. The number of nitrogens with zero attached hydrogens (tertiary/aromatic N) is 4. The smallest absolute Gasteiger partial charge is 0.318 e. The maximum absolute atomic E-state index is 11.4. The van der Waals surface area contributed by atoms with Crippen LogP contribution in [0.1, 0.15) is 16.6 Å². The Morgan fingerprint density at radius 2 is 2.09 bits per heavy atom. The molecule has 3 heterocycles. The fourth-order valence-electron chi connectivity index (χ4n) is 2.14. The van der Waals surface area contributed by atoms with E-state index in [0.717, 1.165) is 11.3 Å². The van der Waals surface area contributed by atoms with Crippen molar-refractivity contribution >= 4 is 32.4 Å². The molecule has 11 heteroatoms. The van der Waals surface area contributed by atoms with E-state index < -0.39 is 16.1 Å². The zero-order valence-electron chi connectivity index (χ0n) is 12.3. The molecule has 3 aromatic rings. The lowest BCUT2D eigenvalue weighted by Crippen LogP contribution is -2.14. The molecule has 0 amide bonds. The number of nitrogens with two attached hydrogens (primary N) is 2. The summed E-state index contributed by atoms with van der Waals surface area (Å²) >= 11 is 1.01. The van der Waals surface area contributed by atoms with E-state index in [-0.39, 0.29) is 10.2 Å². The van der Waals surface area contributed by atoms with Gasteiger partial charge in [-0.15, -0.1) is 11.3 Å². The second-order valence-electron chi connectivity index (χ2n) is 4.78. The average molecular weight is 354 g/mol. The Hall–Kier alpha value is -2.08. The van der Waals surface area contributed by atoms with Gasteiger partial charge in [0.2, 0.25) is 10.0 Å². The lowest BCUT2D eigenvalue weighted by molar-refractivity contribution is 0.379. The van der Waals surface area contributed by atoms with Crippen LogP contribution in [0.5, 0.6) is 6.01 Å². The Morgan fingerprint density at radius 3 is 2.70 bits per heavy atom. The van der Waals surface area contributed by atoms with Crippen LogP contribution >= 0.6 is 11.3 Å². The van der Waals surface area contributed by atoms with Crippen LogP contribution < -0.4 is 15.6 Å². The molecule has 0 radical (unpaired) electrons. The van der Waals surface area contributed by atoms with Gasteiger partial charge in [-0.25, -0.2) is 13.6 Å². The SMILES string of the molecule is COc1nc(C(N)c2ccc(S(N)(=O)=O)s2)c2cnn(C)c2n1. The molecule has 9 nitrogen and oxygen atoms in total. The van der Waals surface area contributed by atoms with E-state index in [1.54, 1.807) is 24.0 Å². The number of methoxy groups -OCH3 is 1. The third kappa shape index (κ3) is 2.79. The van der Waals surface area contributed by atoms with E-state index in [2.05, 4.69) is 15.1 Å². The van der Waals surface area contributed by atoms with Gasteiger partial charge in [-0.2, -0.15) is 15.1 Å². The summed E-state index contributed by atoms with van der Waals surface area (Å²) < 4.78 is 29.6. The minimum Gasteiger partial charge on any atom is -0.467 e. The minimum absolute atomic E-state index is 0.0476. The van der Waals surface area contributed by atoms with Crippen LogP contribution in [0, 0.1) is 0 Å². The summed E-state index contributed by atoms with van der Waals surface area (Å²) in [6, 6.07) is 2.55. The van der Waals surface area contributed by atoms with Gasteiger partial charge in [-0.1, -0.05) is 0 Å². The lowest BCUT2D eigenvalue weighted by Gasteiger charge is -2.11. The molecule has 0 bridgehead atoms. The summed E-state index contributed by atoms with van der Waals surface area (Å²) in [5, 5.41) is 9.95. The molecule has 0 saturated carbocycles. The topological polar surface area (TPSA) is 139 Å². The van der Waals surface area contributed by atoms with Crippen LogP contribution in [0.2, 0.25) is 0 Å². The van der Waals surface area contributed by atoms with Crippen molar-refractivity contribution < 1.29 is 13.2 Å². The first kappa shape index (κ1) is 15.8. The van der Waals surface area contributed by atoms with E-state index in [9.17, 15) is 8.42 Å². The highest BCUT2D eigenvalue weighted by Gasteiger charge is 2.22. The summed E-state index contributed by atoms with van der Waals surface area (Å²) in [6.07, 6.45) is 1.61. The van der Waals surface area contributed by atoms with Crippen LogP contribution in [0.15, 0.2) is 22.5 Å².